The molecule has 0 bridgehead atoms. The van der Waals surface area contributed by atoms with Crippen LogP contribution in [0.15, 0.2) is 30.3 Å². The lowest BCUT2D eigenvalue weighted by atomic mass is 10.2. The van der Waals surface area contributed by atoms with E-state index in [0.29, 0.717) is 22.1 Å². The molecule has 1 aromatic heterocycles. The first-order valence-electron chi connectivity index (χ1n) is 4.86. The summed E-state index contributed by atoms with van der Waals surface area (Å²) in [5.41, 5.74) is 1.73. The molecular formula is C12H9BrN2O2. The predicted octanol–water partition coefficient (Wildman–Crippen LogP) is 2.66. The Morgan fingerprint density at radius 2 is 1.88 bits per heavy atom. The van der Waals surface area contributed by atoms with Crippen molar-refractivity contribution in [3.05, 3.63) is 41.5 Å². The summed E-state index contributed by atoms with van der Waals surface area (Å²) in [6.45, 7) is 0. The molecule has 4 nitrogen and oxygen atoms in total. The number of halogens is 1. The first kappa shape index (κ1) is 11.6. The van der Waals surface area contributed by atoms with Gasteiger partial charge in [-0.25, -0.2) is 0 Å². The van der Waals surface area contributed by atoms with E-state index >= 15 is 0 Å². The Balaban J connectivity index is 2.53. The fourth-order valence-corrected chi connectivity index (χ4v) is 1.99. The van der Waals surface area contributed by atoms with Gasteiger partial charge in [-0.05, 0) is 24.3 Å². The van der Waals surface area contributed by atoms with E-state index in [-0.39, 0.29) is 11.8 Å². The van der Waals surface area contributed by atoms with Crippen LogP contribution in [-0.4, -0.2) is 14.8 Å². The SMILES string of the molecule is N#Cc1ccc(-n2c(O)cc(CBr)c2O)cc1. The summed E-state index contributed by atoms with van der Waals surface area (Å²) in [6, 6.07) is 10.1. The maximum atomic E-state index is 9.90. The zero-order valence-corrected chi connectivity index (χ0v) is 10.3. The van der Waals surface area contributed by atoms with Gasteiger partial charge >= 0.3 is 0 Å². The number of aromatic hydroxyl groups is 2. The highest BCUT2D eigenvalue weighted by Crippen LogP contribution is 2.32. The smallest absolute Gasteiger partial charge is 0.202 e. The predicted molar refractivity (Wildman–Crippen MR) is 66.4 cm³/mol. The zero-order valence-electron chi connectivity index (χ0n) is 8.76. The second-order valence-electron chi connectivity index (χ2n) is 3.48. The Labute approximate surface area is 106 Å². The molecule has 0 fully saturated rings. The van der Waals surface area contributed by atoms with E-state index in [1.165, 1.54) is 10.6 Å². The number of aromatic nitrogens is 1. The van der Waals surface area contributed by atoms with E-state index < -0.39 is 0 Å². The largest absolute Gasteiger partial charge is 0.494 e. The number of hydrogen-bond acceptors (Lipinski definition) is 3. The summed E-state index contributed by atoms with van der Waals surface area (Å²) < 4.78 is 1.32. The van der Waals surface area contributed by atoms with E-state index in [2.05, 4.69) is 15.9 Å². The van der Waals surface area contributed by atoms with Crippen LogP contribution < -0.4 is 0 Å². The normalized spacial score (nSPS) is 10.1. The standard InChI is InChI=1S/C12H9BrN2O2/c13-6-9-5-11(16)15(12(9)17)10-3-1-8(7-14)2-4-10/h1-5,16-17H,6H2. The first-order chi connectivity index (χ1) is 8.17. The molecule has 1 aromatic carbocycles. The van der Waals surface area contributed by atoms with Crippen LogP contribution in [0.1, 0.15) is 11.1 Å². The molecule has 0 spiro atoms. The van der Waals surface area contributed by atoms with Crippen molar-refractivity contribution < 1.29 is 10.2 Å². The highest BCUT2D eigenvalue weighted by atomic mass is 79.9. The quantitative estimate of drug-likeness (QED) is 0.836. The van der Waals surface area contributed by atoms with E-state index in [4.69, 9.17) is 5.26 Å². The van der Waals surface area contributed by atoms with Crippen molar-refractivity contribution in [2.75, 3.05) is 0 Å². The number of benzene rings is 1. The van der Waals surface area contributed by atoms with Crippen LogP contribution in [0.4, 0.5) is 0 Å². The monoisotopic (exact) mass is 292 g/mol. The summed E-state index contributed by atoms with van der Waals surface area (Å²) in [7, 11) is 0. The van der Waals surface area contributed by atoms with Gasteiger partial charge in [0.15, 0.2) is 5.88 Å². The van der Waals surface area contributed by atoms with Crippen LogP contribution in [0.5, 0.6) is 11.8 Å². The number of hydrogen-bond donors (Lipinski definition) is 2. The third-order valence-electron chi connectivity index (χ3n) is 2.43. The van der Waals surface area contributed by atoms with Crippen LogP contribution >= 0.6 is 15.9 Å². The van der Waals surface area contributed by atoms with Crippen LogP contribution in [0.3, 0.4) is 0 Å². The molecule has 2 N–H and O–H groups in total. The maximum absolute atomic E-state index is 9.90. The lowest BCUT2D eigenvalue weighted by molar-refractivity contribution is 0.401. The van der Waals surface area contributed by atoms with Crippen molar-refractivity contribution in [3.63, 3.8) is 0 Å². The molecule has 0 saturated carbocycles. The second-order valence-corrected chi connectivity index (χ2v) is 4.04. The Bertz CT molecular complexity index is 582. The summed E-state index contributed by atoms with van der Waals surface area (Å²) in [5.74, 6) is -0.0502. The van der Waals surface area contributed by atoms with Gasteiger partial charge in [-0.3, -0.25) is 4.57 Å². The third-order valence-corrected chi connectivity index (χ3v) is 3.03. The topological polar surface area (TPSA) is 69.2 Å². The molecule has 0 saturated heterocycles. The molecule has 0 amide bonds. The molecule has 0 aliphatic rings. The molecule has 2 aromatic rings. The maximum Gasteiger partial charge on any atom is 0.202 e. The molecule has 5 heteroatoms. The average Bonchev–Trinajstić information content (AvgIpc) is 2.64. The minimum Gasteiger partial charge on any atom is -0.494 e. The van der Waals surface area contributed by atoms with Crippen molar-refractivity contribution in [2.45, 2.75) is 5.33 Å². The van der Waals surface area contributed by atoms with Gasteiger partial charge in [0.1, 0.15) is 0 Å². The van der Waals surface area contributed by atoms with Crippen LogP contribution in [0.2, 0.25) is 0 Å². The average molecular weight is 293 g/mol. The molecule has 0 unspecified atom stereocenters. The van der Waals surface area contributed by atoms with E-state index in [1.807, 2.05) is 6.07 Å². The number of nitrogens with zero attached hydrogens (tertiary/aromatic N) is 2. The molecular weight excluding hydrogens is 284 g/mol. The molecule has 0 aliphatic carbocycles. The van der Waals surface area contributed by atoms with Gasteiger partial charge < -0.3 is 10.2 Å². The van der Waals surface area contributed by atoms with Crippen molar-refractivity contribution in [2.24, 2.45) is 0 Å². The van der Waals surface area contributed by atoms with Crippen molar-refractivity contribution >= 4 is 15.9 Å². The van der Waals surface area contributed by atoms with Crippen LogP contribution in [0.25, 0.3) is 5.69 Å². The number of alkyl halides is 1. The van der Waals surface area contributed by atoms with Crippen LogP contribution in [0, 0.1) is 11.3 Å². The third kappa shape index (κ3) is 1.99. The van der Waals surface area contributed by atoms with E-state index in [9.17, 15) is 10.2 Å². The Morgan fingerprint density at radius 3 is 2.35 bits per heavy atom. The van der Waals surface area contributed by atoms with Crippen molar-refractivity contribution in [1.82, 2.24) is 4.57 Å². The number of nitriles is 1. The fourth-order valence-electron chi connectivity index (χ4n) is 1.57. The highest BCUT2D eigenvalue weighted by molar-refractivity contribution is 9.08. The van der Waals surface area contributed by atoms with Gasteiger partial charge in [0.2, 0.25) is 5.88 Å². The summed E-state index contributed by atoms with van der Waals surface area (Å²) in [4.78, 5) is 0. The molecule has 0 aliphatic heterocycles. The molecule has 0 radical (unpaired) electrons. The lowest BCUT2D eigenvalue weighted by Gasteiger charge is -2.06. The molecule has 86 valence electrons. The lowest BCUT2D eigenvalue weighted by Crippen LogP contribution is -1.92. The minimum absolute atomic E-state index is 0.0101. The number of rotatable bonds is 2. The van der Waals surface area contributed by atoms with E-state index in [1.54, 1.807) is 24.3 Å². The van der Waals surface area contributed by atoms with Gasteiger partial charge in [0.05, 0.1) is 17.3 Å². The zero-order chi connectivity index (χ0) is 12.4. The summed E-state index contributed by atoms with van der Waals surface area (Å²) >= 11 is 3.22. The molecule has 1 heterocycles. The highest BCUT2D eigenvalue weighted by Gasteiger charge is 2.14. The summed E-state index contributed by atoms with van der Waals surface area (Å²) in [6.07, 6.45) is 0. The molecule has 17 heavy (non-hydrogen) atoms. The van der Waals surface area contributed by atoms with Gasteiger partial charge in [0, 0.05) is 17.0 Å². The van der Waals surface area contributed by atoms with Gasteiger partial charge in [-0.1, -0.05) is 15.9 Å². The van der Waals surface area contributed by atoms with Gasteiger partial charge in [-0.15, -0.1) is 0 Å². The van der Waals surface area contributed by atoms with E-state index in [0.717, 1.165) is 0 Å². The van der Waals surface area contributed by atoms with Crippen LogP contribution in [-0.2, 0) is 5.33 Å². The van der Waals surface area contributed by atoms with Gasteiger partial charge in [0.25, 0.3) is 0 Å². The Hall–Kier alpha value is -1.93. The van der Waals surface area contributed by atoms with Gasteiger partial charge in [-0.2, -0.15) is 5.26 Å². The fraction of sp³-hybridized carbons (Fsp3) is 0.0833. The Morgan fingerprint density at radius 1 is 1.24 bits per heavy atom. The molecule has 0 atom stereocenters. The summed E-state index contributed by atoms with van der Waals surface area (Å²) in [5, 5.41) is 28.8. The van der Waals surface area contributed by atoms with Crippen molar-refractivity contribution in [1.29, 1.82) is 5.26 Å². The Kier molecular flexibility index (Phi) is 3.07. The second kappa shape index (κ2) is 4.52. The minimum atomic E-state index is -0.0401. The molecule has 2 rings (SSSR count). The van der Waals surface area contributed by atoms with Crippen molar-refractivity contribution in [3.8, 4) is 23.5 Å². The first-order valence-corrected chi connectivity index (χ1v) is 5.98.